The quantitative estimate of drug-likeness (QED) is 0.572. The fourth-order valence-corrected chi connectivity index (χ4v) is 1.21. The highest BCUT2D eigenvalue weighted by Gasteiger charge is 1.95. The molecular weight excluding hydrogens is 190 g/mol. The van der Waals surface area contributed by atoms with Crippen molar-refractivity contribution in [3.63, 3.8) is 0 Å². The van der Waals surface area contributed by atoms with E-state index in [1.165, 1.54) is 5.56 Å². The molecule has 0 spiro atoms. The summed E-state index contributed by atoms with van der Waals surface area (Å²) in [6, 6.07) is 10.2. The van der Waals surface area contributed by atoms with E-state index in [4.69, 9.17) is 5.73 Å². The van der Waals surface area contributed by atoms with Crippen LogP contribution in [0.2, 0.25) is 0 Å². The van der Waals surface area contributed by atoms with Crippen molar-refractivity contribution in [1.82, 2.24) is 0 Å². The van der Waals surface area contributed by atoms with E-state index in [0.717, 1.165) is 6.42 Å². The fourth-order valence-electron chi connectivity index (χ4n) is 0.839. The molecule has 0 heterocycles. The molecule has 0 aromatic heterocycles. The molecule has 0 aliphatic heterocycles. The van der Waals surface area contributed by atoms with Gasteiger partial charge in [-0.1, -0.05) is 46.3 Å². The van der Waals surface area contributed by atoms with Gasteiger partial charge in [-0.15, -0.1) is 0 Å². The number of alkyl halides is 1. The molecule has 0 saturated carbocycles. The van der Waals surface area contributed by atoms with Crippen LogP contribution >= 0.6 is 15.9 Å². The zero-order valence-corrected chi connectivity index (χ0v) is 7.21. The predicted octanol–water partition coefficient (Wildman–Crippen LogP) is 1.91. The molecule has 1 aromatic rings. The number of nitrogens with two attached hydrogens (primary N) is 1. The van der Waals surface area contributed by atoms with E-state index in [1.807, 2.05) is 18.2 Å². The lowest BCUT2D eigenvalue weighted by molar-refractivity contribution is 0.918. The van der Waals surface area contributed by atoms with Gasteiger partial charge >= 0.3 is 0 Å². The fraction of sp³-hybridized carbons (Fsp3) is 0.250. The van der Waals surface area contributed by atoms with Gasteiger partial charge in [0.15, 0.2) is 0 Å². The lowest BCUT2D eigenvalue weighted by atomic mass is 10.2. The second-order valence-electron chi connectivity index (χ2n) is 2.21. The summed E-state index contributed by atoms with van der Waals surface area (Å²) in [6.07, 6.45) is 0.890. The van der Waals surface area contributed by atoms with Crippen LogP contribution in [0.1, 0.15) is 5.56 Å². The van der Waals surface area contributed by atoms with Crippen LogP contribution in [-0.2, 0) is 6.42 Å². The van der Waals surface area contributed by atoms with E-state index in [-0.39, 0.29) is 4.95 Å². The zero-order chi connectivity index (χ0) is 7.40. The van der Waals surface area contributed by atoms with Crippen molar-refractivity contribution in [2.45, 2.75) is 11.4 Å². The van der Waals surface area contributed by atoms with Crippen LogP contribution in [-0.4, -0.2) is 4.95 Å². The largest absolute Gasteiger partial charge is 0.319 e. The summed E-state index contributed by atoms with van der Waals surface area (Å²) in [6.45, 7) is 0. The van der Waals surface area contributed by atoms with Gasteiger partial charge in [-0.05, 0) is 12.0 Å². The Kier molecular flexibility index (Phi) is 2.90. The molecule has 0 amide bonds. The SMILES string of the molecule is N[C@@H](Br)Cc1ccccc1. The lowest BCUT2D eigenvalue weighted by Gasteiger charge is -2.01. The Morgan fingerprint density at radius 3 is 2.40 bits per heavy atom. The lowest BCUT2D eigenvalue weighted by Crippen LogP contribution is -2.13. The Hall–Kier alpha value is -0.340. The highest BCUT2D eigenvalue weighted by molar-refractivity contribution is 9.09. The molecule has 54 valence electrons. The molecule has 0 unspecified atom stereocenters. The van der Waals surface area contributed by atoms with Crippen LogP contribution < -0.4 is 5.73 Å². The predicted molar refractivity (Wildman–Crippen MR) is 47.0 cm³/mol. The standard InChI is InChI=1S/C8H10BrN/c9-8(10)6-7-4-2-1-3-5-7/h1-5,8H,6,10H2/t8-/m1/s1. The van der Waals surface area contributed by atoms with Gasteiger partial charge in [0.1, 0.15) is 0 Å². The summed E-state index contributed by atoms with van der Waals surface area (Å²) >= 11 is 3.29. The summed E-state index contributed by atoms with van der Waals surface area (Å²) in [5, 5.41) is 0. The maximum atomic E-state index is 5.54. The van der Waals surface area contributed by atoms with Crippen molar-refractivity contribution in [3.05, 3.63) is 35.9 Å². The normalized spacial score (nSPS) is 13.0. The molecule has 0 aliphatic carbocycles. The zero-order valence-electron chi connectivity index (χ0n) is 5.63. The Labute approximate surface area is 69.4 Å². The number of benzene rings is 1. The number of halogens is 1. The van der Waals surface area contributed by atoms with E-state index < -0.39 is 0 Å². The van der Waals surface area contributed by atoms with Crippen molar-refractivity contribution >= 4 is 15.9 Å². The van der Waals surface area contributed by atoms with Crippen LogP contribution in [0.5, 0.6) is 0 Å². The third-order valence-corrected chi connectivity index (χ3v) is 1.60. The number of rotatable bonds is 2. The summed E-state index contributed by atoms with van der Waals surface area (Å²) in [5.74, 6) is 0. The van der Waals surface area contributed by atoms with Crippen LogP contribution in [0.15, 0.2) is 30.3 Å². The van der Waals surface area contributed by atoms with Crippen LogP contribution in [0, 0.1) is 0 Å². The minimum atomic E-state index is 0.0786. The van der Waals surface area contributed by atoms with E-state index in [2.05, 4.69) is 28.1 Å². The molecule has 0 bridgehead atoms. The van der Waals surface area contributed by atoms with Crippen molar-refractivity contribution < 1.29 is 0 Å². The molecule has 1 rings (SSSR count). The van der Waals surface area contributed by atoms with E-state index >= 15 is 0 Å². The average Bonchev–Trinajstić information content (AvgIpc) is 1.88. The van der Waals surface area contributed by atoms with Gasteiger partial charge in [-0.3, -0.25) is 0 Å². The second-order valence-corrected chi connectivity index (χ2v) is 3.38. The summed E-state index contributed by atoms with van der Waals surface area (Å²) in [4.78, 5) is 0.0786. The topological polar surface area (TPSA) is 26.0 Å². The molecule has 2 N–H and O–H groups in total. The first kappa shape index (κ1) is 7.76. The van der Waals surface area contributed by atoms with E-state index in [1.54, 1.807) is 0 Å². The first-order chi connectivity index (χ1) is 4.79. The van der Waals surface area contributed by atoms with Crippen LogP contribution in [0.4, 0.5) is 0 Å². The molecule has 1 atom stereocenters. The summed E-state index contributed by atoms with van der Waals surface area (Å²) in [7, 11) is 0. The average molecular weight is 200 g/mol. The minimum absolute atomic E-state index is 0.0786. The van der Waals surface area contributed by atoms with Crippen molar-refractivity contribution in [2.75, 3.05) is 0 Å². The Morgan fingerprint density at radius 2 is 1.90 bits per heavy atom. The third kappa shape index (κ3) is 2.50. The van der Waals surface area contributed by atoms with Gasteiger partial charge in [0.05, 0.1) is 4.95 Å². The first-order valence-corrected chi connectivity index (χ1v) is 4.14. The van der Waals surface area contributed by atoms with Crippen LogP contribution in [0.25, 0.3) is 0 Å². The number of hydrogen-bond acceptors (Lipinski definition) is 1. The molecule has 10 heavy (non-hydrogen) atoms. The maximum absolute atomic E-state index is 5.54. The molecular formula is C8H10BrN. The molecule has 0 aliphatic rings. The second kappa shape index (κ2) is 3.74. The molecule has 1 nitrogen and oxygen atoms in total. The molecule has 0 radical (unpaired) electrons. The van der Waals surface area contributed by atoms with Gasteiger partial charge in [0.25, 0.3) is 0 Å². The first-order valence-electron chi connectivity index (χ1n) is 3.22. The molecule has 0 fully saturated rings. The van der Waals surface area contributed by atoms with Gasteiger partial charge < -0.3 is 5.73 Å². The van der Waals surface area contributed by atoms with Crippen LogP contribution in [0.3, 0.4) is 0 Å². The van der Waals surface area contributed by atoms with Gasteiger partial charge in [-0.25, -0.2) is 0 Å². The Balaban J connectivity index is 2.59. The minimum Gasteiger partial charge on any atom is -0.319 e. The highest BCUT2D eigenvalue weighted by atomic mass is 79.9. The van der Waals surface area contributed by atoms with Crippen molar-refractivity contribution in [1.29, 1.82) is 0 Å². The van der Waals surface area contributed by atoms with Crippen molar-refractivity contribution in [3.8, 4) is 0 Å². The molecule has 1 aromatic carbocycles. The van der Waals surface area contributed by atoms with Crippen molar-refractivity contribution in [2.24, 2.45) is 5.73 Å². The Morgan fingerprint density at radius 1 is 1.30 bits per heavy atom. The van der Waals surface area contributed by atoms with E-state index in [9.17, 15) is 0 Å². The summed E-state index contributed by atoms with van der Waals surface area (Å²) in [5.41, 5.74) is 6.81. The van der Waals surface area contributed by atoms with Gasteiger partial charge in [0.2, 0.25) is 0 Å². The monoisotopic (exact) mass is 199 g/mol. The smallest absolute Gasteiger partial charge is 0.0646 e. The molecule has 0 saturated heterocycles. The molecule has 2 heteroatoms. The summed E-state index contributed by atoms with van der Waals surface area (Å²) < 4.78 is 0. The van der Waals surface area contributed by atoms with Gasteiger partial charge in [-0.2, -0.15) is 0 Å². The Bertz CT molecular complexity index is 184. The van der Waals surface area contributed by atoms with Gasteiger partial charge in [0, 0.05) is 0 Å². The highest BCUT2D eigenvalue weighted by Crippen LogP contribution is 2.04. The third-order valence-electron chi connectivity index (χ3n) is 1.27. The number of hydrogen-bond donors (Lipinski definition) is 1. The maximum Gasteiger partial charge on any atom is 0.0646 e. The van der Waals surface area contributed by atoms with E-state index in [0.29, 0.717) is 0 Å².